The van der Waals surface area contributed by atoms with Gasteiger partial charge in [0.15, 0.2) is 0 Å². The van der Waals surface area contributed by atoms with Crippen LogP contribution in [0.2, 0.25) is 0 Å². The van der Waals surface area contributed by atoms with Gasteiger partial charge in [0.1, 0.15) is 0 Å². The van der Waals surface area contributed by atoms with E-state index in [-0.39, 0.29) is 0 Å². The van der Waals surface area contributed by atoms with Crippen molar-refractivity contribution in [3.8, 4) is 0 Å². The van der Waals surface area contributed by atoms with E-state index in [1.54, 1.807) is 0 Å². The highest BCUT2D eigenvalue weighted by atomic mass is 79.9. The van der Waals surface area contributed by atoms with E-state index in [9.17, 15) is 4.79 Å². The molecule has 0 bridgehead atoms. The first kappa shape index (κ1) is 17.5. The van der Waals surface area contributed by atoms with E-state index < -0.39 is 0 Å². The predicted octanol–water partition coefficient (Wildman–Crippen LogP) is 3.74. The molecule has 1 saturated heterocycles. The summed E-state index contributed by atoms with van der Waals surface area (Å²) in [5.74, 6) is 1.06. The van der Waals surface area contributed by atoms with Crippen LogP contribution < -0.4 is 0 Å². The van der Waals surface area contributed by atoms with Gasteiger partial charge in [-0.3, -0.25) is 4.79 Å². The van der Waals surface area contributed by atoms with Crippen LogP contribution >= 0.6 is 15.9 Å². The molecule has 1 heterocycles. The fourth-order valence-electron chi connectivity index (χ4n) is 3.08. The zero-order valence-corrected chi connectivity index (χ0v) is 15.5. The molecule has 0 aliphatic carbocycles. The molecule has 1 amide bonds. The second kappa shape index (κ2) is 8.11. The van der Waals surface area contributed by atoms with Gasteiger partial charge in [-0.05, 0) is 36.1 Å². The minimum absolute atomic E-state index is 0.296. The monoisotopic (exact) mass is 366 g/mol. The van der Waals surface area contributed by atoms with Crippen LogP contribution in [-0.2, 0) is 4.79 Å². The fourth-order valence-corrected chi connectivity index (χ4v) is 3.34. The van der Waals surface area contributed by atoms with Crippen molar-refractivity contribution in [2.75, 3.05) is 32.7 Å². The Hall–Kier alpha value is -0.870. The number of halogens is 1. The minimum Gasteiger partial charge on any atom is -0.340 e. The van der Waals surface area contributed by atoms with Gasteiger partial charge in [-0.15, -0.1) is 0 Å². The summed E-state index contributed by atoms with van der Waals surface area (Å²) >= 11 is 3.48. The number of carbonyl (C=O) groups is 1. The summed E-state index contributed by atoms with van der Waals surface area (Å²) < 4.78 is 1.08. The Kier molecular flexibility index (Phi) is 6.45. The van der Waals surface area contributed by atoms with E-state index >= 15 is 0 Å². The highest BCUT2D eigenvalue weighted by molar-refractivity contribution is 9.10. The summed E-state index contributed by atoms with van der Waals surface area (Å²) in [5, 5.41) is 0. The summed E-state index contributed by atoms with van der Waals surface area (Å²) in [7, 11) is 0. The third-order valence-corrected chi connectivity index (χ3v) is 5.20. The van der Waals surface area contributed by atoms with E-state index in [0.717, 1.165) is 37.2 Å². The van der Waals surface area contributed by atoms with Crippen molar-refractivity contribution in [3.05, 3.63) is 34.3 Å². The molecule has 1 aliphatic heterocycles. The summed E-state index contributed by atoms with van der Waals surface area (Å²) in [6.45, 7) is 11.4. The number of piperazine rings is 1. The summed E-state index contributed by atoms with van der Waals surface area (Å²) in [5.41, 5.74) is 1.26. The predicted molar refractivity (Wildman–Crippen MR) is 95.0 cm³/mol. The van der Waals surface area contributed by atoms with Gasteiger partial charge in [0, 0.05) is 37.1 Å². The highest BCUT2D eigenvalue weighted by Gasteiger charge is 2.25. The summed E-state index contributed by atoms with van der Waals surface area (Å²) in [6, 6.07) is 8.40. The third-order valence-electron chi connectivity index (χ3n) is 4.67. The molecule has 0 saturated carbocycles. The molecule has 0 aromatic heterocycles. The van der Waals surface area contributed by atoms with Crippen molar-refractivity contribution in [2.45, 2.75) is 33.1 Å². The second-order valence-corrected chi connectivity index (χ2v) is 7.34. The molecule has 1 unspecified atom stereocenters. The average molecular weight is 367 g/mol. The van der Waals surface area contributed by atoms with Gasteiger partial charge in [-0.25, -0.2) is 0 Å². The Morgan fingerprint density at radius 2 is 1.73 bits per heavy atom. The van der Waals surface area contributed by atoms with Crippen molar-refractivity contribution in [2.24, 2.45) is 5.92 Å². The molecule has 122 valence electrons. The lowest BCUT2D eigenvalue weighted by atomic mass is 9.85. The first-order valence-electron chi connectivity index (χ1n) is 8.26. The van der Waals surface area contributed by atoms with E-state index in [1.807, 2.05) is 4.90 Å². The Morgan fingerprint density at radius 3 is 2.23 bits per heavy atom. The van der Waals surface area contributed by atoms with Crippen molar-refractivity contribution >= 4 is 21.8 Å². The number of nitrogens with zero attached hydrogens (tertiary/aromatic N) is 2. The zero-order chi connectivity index (χ0) is 16.1. The molecule has 1 aromatic carbocycles. The molecule has 4 heteroatoms. The maximum Gasteiger partial charge on any atom is 0.223 e. The van der Waals surface area contributed by atoms with Gasteiger partial charge in [-0.1, -0.05) is 48.8 Å². The lowest BCUT2D eigenvalue weighted by Gasteiger charge is -2.35. The number of likely N-dealkylation sites (N-methyl/N-ethyl adjacent to an activating group) is 1. The van der Waals surface area contributed by atoms with Gasteiger partial charge < -0.3 is 9.80 Å². The van der Waals surface area contributed by atoms with Gasteiger partial charge >= 0.3 is 0 Å². The molecule has 2 rings (SSSR count). The molecular formula is C18H27BrN2O. The number of amides is 1. The standard InChI is InChI=1S/C18H27BrN2O/c1-4-20-9-11-21(12-10-20)18(22)13-17(14(2)3)15-5-7-16(19)8-6-15/h5-8,14,17H,4,9-13H2,1-3H3. The summed E-state index contributed by atoms with van der Waals surface area (Å²) in [4.78, 5) is 17.1. The molecule has 0 spiro atoms. The summed E-state index contributed by atoms with van der Waals surface area (Å²) in [6.07, 6.45) is 0.616. The highest BCUT2D eigenvalue weighted by Crippen LogP contribution is 2.29. The van der Waals surface area contributed by atoms with Crippen LogP contribution in [0.15, 0.2) is 28.7 Å². The van der Waals surface area contributed by atoms with Gasteiger partial charge in [0.2, 0.25) is 5.91 Å². The molecule has 1 atom stereocenters. The van der Waals surface area contributed by atoms with E-state index in [0.29, 0.717) is 24.2 Å². The van der Waals surface area contributed by atoms with E-state index in [4.69, 9.17) is 0 Å². The number of carbonyl (C=O) groups excluding carboxylic acids is 1. The lowest BCUT2D eigenvalue weighted by molar-refractivity contribution is -0.133. The van der Waals surface area contributed by atoms with Crippen LogP contribution in [0.25, 0.3) is 0 Å². The Morgan fingerprint density at radius 1 is 1.14 bits per heavy atom. The van der Waals surface area contributed by atoms with Crippen LogP contribution in [0.4, 0.5) is 0 Å². The minimum atomic E-state index is 0.296. The molecule has 0 N–H and O–H groups in total. The van der Waals surface area contributed by atoms with E-state index in [2.05, 4.69) is 65.9 Å². The average Bonchev–Trinajstić information content (AvgIpc) is 2.53. The second-order valence-electron chi connectivity index (χ2n) is 6.42. The number of benzene rings is 1. The largest absolute Gasteiger partial charge is 0.340 e. The normalized spacial score (nSPS) is 17.8. The van der Waals surface area contributed by atoms with Crippen LogP contribution in [0, 0.1) is 5.92 Å². The molecule has 1 aromatic rings. The van der Waals surface area contributed by atoms with Gasteiger partial charge in [-0.2, -0.15) is 0 Å². The lowest BCUT2D eigenvalue weighted by Crippen LogP contribution is -2.48. The van der Waals surface area contributed by atoms with Crippen LogP contribution in [0.3, 0.4) is 0 Å². The smallest absolute Gasteiger partial charge is 0.223 e. The van der Waals surface area contributed by atoms with Crippen molar-refractivity contribution in [1.82, 2.24) is 9.80 Å². The van der Waals surface area contributed by atoms with Crippen molar-refractivity contribution < 1.29 is 4.79 Å². The van der Waals surface area contributed by atoms with Crippen LogP contribution in [0.1, 0.15) is 38.7 Å². The topological polar surface area (TPSA) is 23.6 Å². The van der Waals surface area contributed by atoms with Gasteiger partial charge in [0.05, 0.1) is 0 Å². The fraction of sp³-hybridized carbons (Fsp3) is 0.611. The first-order chi connectivity index (χ1) is 10.5. The Bertz CT molecular complexity index is 478. The molecule has 3 nitrogen and oxygen atoms in total. The number of rotatable bonds is 5. The maximum atomic E-state index is 12.6. The quantitative estimate of drug-likeness (QED) is 0.792. The Balaban J connectivity index is 1.99. The molecule has 1 fully saturated rings. The first-order valence-corrected chi connectivity index (χ1v) is 9.06. The SMILES string of the molecule is CCN1CCN(C(=O)CC(c2ccc(Br)cc2)C(C)C)CC1. The third kappa shape index (κ3) is 4.56. The number of hydrogen-bond donors (Lipinski definition) is 0. The molecule has 1 aliphatic rings. The van der Waals surface area contributed by atoms with Crippen LogP contribution in [0.5, 0.6) is 0 Å². The Labute approximate surface area is 142 Å². The molecule has 22 heavy (non-hydrogen) atoms. The van der Waals surface area contributed by atoms with Crippen LogP contribution in [-0.4, -0.2) is 48.4 Å². The number of hydrogen-bond acceptors (Lipinski definition) is 2. The zero-order valence-electron chi connectivity index (χ0n) is 13.9. The van der Waals surface area contributed by atoms with Crippen molar-refractivity contribution in [1.29, 1.82) is 0 Å². The molecular weight excluding hydrogens is 340 g/mol. The van der Waals surface area contributed by atoms with Crippen molar-refractivity contribution in [3.63, 3.8) is 0 Å². The van der Waals surface area contributed by atoms with E-state index in [1.165, 1.54) is 5.56 Å². The van der Waals surface area contributed by atoms with Gasteiger partial charge in [0.25, 0.3) is 0 Å². The molecule has 0 radical (unpaired) electrons. The maximum absolute atomic E-state index is 12.6.